The minimum absolute atomic E-state index is 0.112. The maximum Gasteiger partial charge on any atom is 0.300 e. The molecule has 0 saturated heterocycles. The molecule has 0 unspecified atom stereocenters. The standard InChI is InChI=1S/C19H13N5O4/c25-23(26)13-8-9-18(19(11-13)24(27)28)22-21-17-7-3-6-16-14(17)10-12-4-1-2-5-15(12)20-16/h1-11,21-22H. The third-order valence-corrected chi connectivity index (χ3v) is 4.28. The van der Waals surface area contributed by atoms with E-state index in [4.69, 9.17) is 0 Å². The molecule has 0 bridgehead atoms. The maximum atomic E-state index is 11.3. The Balaban J connectivity index is 1.70. The van der Waals surface area contributed by atoms with E-state index in [0.717, 1.165) is 27.9 Å². The highest BCUT2D eigenvalue weighted by atomic mass is 16.6. The Morgan fingerprint density at radius 2 is 1.50 bits per heavy atom. The molecule has 3 aromatic carbocycles. The summed E-state index contributed by atoms with van der Waals surface area (Å²) in [6, 6.07) is 18.6. The Labute approximate surface area is 157 Å². The largest absolute Gasteiger partial charge is 0.300 e. The molecule has 0 amide bonds. The van der Waals surface area contributed by atoms with E-state index in [-0.39, 0.29) is 11.4 Å². The lowest BCUT2D eigenvalue weighted by Crippen LogP contribution is -2.11. The van der Waals surface area contributed by atoms with Gasteiger partial charge in [0.05, 0.1) is 32.6 Å². The zero-order valence-electron chi connectivity index (χ0n) is 14.3. The number of hydrazine groups is 1. The van der Waals surface area contributed by atoms with Crippen molar-refractivity contribution in [2.75, 3.05) is 10.9 Å². The molecule has 0 spiro atoms. The van der Waals surface area contributed by atoms with Crippen molar-refractivity contribution in [3.8, 4) is 0 Å². The van der Waals surface area contributed by atoms with Gasteiger partial charge in [-0.15, -0.1) is 0 Å². The molecule has 0 aliphatic heterocycles. The van der Waals surface area contributed by atoms with Gasteiger partial charge in [-0.3, -0.25) is 25.7 Å². The van der Waals surface area contributed by atoms with Gasteiger partial charge in [-0.2, -0.15) is 0 Å². The van der Waals surface area contributed by atoms with Crippen molar-refractivity contribution in [3.05, 3.63) is 87.0 Å². The number of nitrogens with one attached hydrogen (secondary N) is 2. The van der Waals surface area contributed by atoms with E-state index in [2.05, 4.69) is 15.8 Å². The second-order valence-electron chi connectivity index (χ2n) is 6.02. The fourth-order valence-electron chi connectivity index (χ4n) is 2.93. The summed E-state index contributed by atoms with van der Waals surface area (Å²) < 4.78 is 0. The molecule has 138 valence electrons. The van der Waals surface area contributed by atoms with Crippen LogP contribution in [0.3, 0.4) is 0 Å². The highest BCUT2D eigenvalue weighted by molar-refractivity contribution is 5.99. The van der Waals surface area contributed by atoms with Crippen LogP contribution in [0.25, 0.3) is 21.8 Å². The second kappa shape index (κ2) is 6.80. The van der Waals surface area contributed by atoms with Crippen LogP contribution in [0.2, 0.25) is 0 Å². The molecule has 0 aliphatic carbocycles. The molecule has 4 aromatic rings. The fourth-order valence-corrected chi connectivity index (χ4v) is 2.93. The summed E-state index contributed by atoms with van der Waals surface area (Å²) in [6.45, 7) is 0. The smallest absolute Gasteiger partial charge is 0.300 e. The Morgan fingerprint density at radius 3 is 2.29 bits per heavy atom. The number of nitro groups is 2. The molecule has 4 rings (SSSR count). The summed E-state index contributed by atoms with van der Waals surface area (Å²) in [5.74, 6) is 0. The summed E-state index contributed by atoms with van der Waals surface area (Å²) in [6.07, 6.45) is 0. The summed E-state index contributed by atoms with van der Waals surface area (Å²) >= 11 is 0. The topological polar surface area (TPSA) is 123 Å². The van der Waals surface area contributed by atoms with Crippen LogP contribution in [-0.4, -0.2) is 14.8 Å². The van der Waals surface area contributed by atoms with Crippen molar-refractivity contribution in [2.45, 2.75) is 0 Å². The van der Waals surface area contributed by atoms with E-state index in [9.17, 15) is 20.2 Å². The van der Waals surface area contributed by atoms with Crippen molar-refractivity contribution in [1.82, 2.24) is 4.98 Å². The molecule has 0 fully saturated rings. The van der Waals surface area contributed by atoms with Crippen molar-refractivity contribution < 1.29 is 9.85 Å². The quantitative estimate of drug-likeness (QED) is 0.296. The molecule has 0 radical (unpaired) electrons. The van der Waals surface area contributed by atoms with Gasteiger partial charge in [0.25, 0.3) is 5.69 Å². The van der Waals surface area contributed by atoms with Crippen molar-refractivity contribution in [3.63, 3.8) is 0 Å². The third-order valence-electron chi connectivity index (χ3n) is 4.28. The van der Waals surface area contributed by atoms with Crippen LogP contribution in [0, 0.1) is 20.2 Å². The Bertz CT molecular complexity index is 1240. The molecule has 28 heavy (non-hydrogen) atoms. The lowest BCUT2D eigenvalue weighted by molar-refractivity contribution is -0.393. The summed E-state index contributed by atoms with van der Waals surface area (Å²) in [4.78, 5) is 25.4. The predicted molar refractivity (Wildman–Crippen MR) is 106 cm³/mol. The predicted octanol–water partition coefficient (Wildman–Crippen LogP) is 4.64. The van der Waals surface area contributed by atoms with Crippen molar-refractivity contribution >= 4 is 44.6 Å². The van der Waals surface area contributed by atoms with Gasteiger partial charge in [-0.05, 0) is 30.3 Å². The number of para-hydroxylation sites is 1. The normalized spacial score (nSPS) is 10.7. The third kappa shape index (κ3) is 3.12. The molecular weight excluding hydrogens is 362 g/mol. The molecule has 0 aliphatic rings. The minimum atomic E-state index is -0.675. The monoisotopic (exact) mass is 375 g/mol. The van der Waals surface area contributed by atoms with E-state index >= 15 is 0 Å². The number of anilines is 2. The summed E-state index contributed by atoms with van der Waals surface area (Å²) in [7, 11) is 0. The first-order valence-corrected chi connectivity index (χ1v) is 8.26. The van der Waals surface area contributed by atoms with Crippen LogP contribution in [-0.2, 0) is 0 Å². The number of benzene rings is 3. The molecule has 1 aromatic heterocycles. The molecule has 0 saturated carbocycles. The summed E-state index contributed by atoms with van der Waals surface area (Å²) in [5, 5.41) is 23.9. The van der Waals surface area contributed by atoms with E-state index in [1.807, 2.05) is 48.5 Å². The molecular formula is C19H13N5O4. The van der Waals surface area contributed by atoms with Gasteiger partial charge < -0.3 is 5.43 Å². The highest BCUT2D eigenvalue weighted by Gasteiger charge is 2.19. The fraction of sp³-hybridized carbons (Fsp3) is 0. The van der Waals surface area contributed by atoms with Crippen LogP contribution >= 0.6 is 0 Å². The average Bonchev–Trinajstić information content (AvgIpc) is 2.70. The number of nitro benzene ring substituents is 2. The van der Waals surface area contributed by atoms with Gasteiger partial charge in [0.1, 0.15) is 5.69 Å². The number of rotatable bonds is 5. The van der Waals surface area contributed by atoms with Crippen LogP contribution in [0.4, 0.5) is 22.7 Å². The van der Waals surface area contributed by atoms with Crippen molar-refractivity contribution in [1.29, 1.82) is 0 Å². The first-order valence-electron chi connectivity index (χ1n) is 8.26. The van der Waals surface area contributed by atoms with E-state index in [0.29, 0.717) is 5.69 Å². The number of nitrogens with zero attached hydrogens (tertiary/aromatic N) is 3. The first kappa shape index (κ1) is 17.2. The van der Waals surface area contributed by atoms with Gasteiger partial charge >= 0.3 is 5.69 Å². The lowest BCUT2D eigenvalue weighted by atomic mass is 10.1. The zero-order valence-corrected chi connectivity index (χ0v) is 14.3. The molecule has 0 atom stereocenters. The highest BCUT2D eigenvalue weighted by Crippen LogP contribution is 2.30. The maximum absolute atomic E-state index is 11.3. The number of pyridine rings is 1. The van der Waals surface area contributed by atoms with E-state index < -0.39 is 15.5 Å². The van der Waals surface area contributed by atoms with Crippen LogP contribution in [0.5, 0.6) is 0 Å². The Morgan fingerprint density at radius 1 is 0.750 bits per heavy atom. The SMILES string of the molecule is O=[N+]([O-])c1ccc(NNc2cccc3nc4ccccc4cc23)c([N+](=O)[O-])c1. The second-order valence-corrected chi connectivity index (χ2v) is 6.02. The molecule has 9 nitrogen and oxygen atoms in total. The minimum Gasteiger partial charge on any atom is -0.300 e. The number of aromatic nitrogens is 1. The Kier molecular flexibility index (Phi) is 4.17. The van der Waals surface area contributed by atoms with Crippen LogP contribution in [0.15, 0.2) is 66.7 Å². The lowest BCUT2D eigenvalue weighted by Gasteiger charge is -2.12. The number of hydrogen-bond acceptors (Lipinski definition) is 7. The van der Waals surface area contributed by atoms with Gasteiger partial charge in [-0.1, -0.05) is 24.3 Å². The van der Waals surface area contributed by atoms with Gasteiger partial charge in [0, 0.05) is 16.8 Å². The average molecular weight is 375 g/mol. The molecule has 2 N–H and O–H groups in total. The van der Waals surface area contributed by atoms with E-state index in [1.54, 1.807) is 0 Å². The van der Waals surface area contributed by atoms with Gasteiger partial charge in [0.15, 0.2) is 0 Å². The van der Waals surface area contributed by atoms with Crippen molar-refractivity contribution in [2.24, 2.45) is 0 Å². The number of non-ortho nitro benzene ring substituents is 1. The van der Waals surface area contributed by atoms with E-state index in [1.165, 1.54) is 12.1 Å². The molecule has 9 heteroatoms. The van der Waals surface area contributed by atoms with Gasteiger partial charge in [0.2, 0.25) is 0 Å². The van der Waals surface area contributed by atoms with Crippen LogP contribution < -0.4 is 10.9 Å². The van der Waals surface area contributed by atoms with Gasteiger partial charge in [-0.25, -0.2) is 4.98 Å². The Hall–Kier alpha value is -4.27. The number of fused-ring (bicyclic) bond motifs is 2. The summed E-state index contributed by atoms with van der Waals surface area (Å²) in [5.41, 5.74) is 7.39. The zero-order chi connectivity index (χ0) is 19.7. The first-order chi connectivity index (χ1) is 13.5. The molecule has 1 heterocycles. The van der Waals surface area contributed by atoms with Crippen LogP contribution in [0.1, 0.15) is 0 Å². The number of hydrogen-bond donors (Lipinski definition) is 2.